The molecule has 3 amide bonds. The minimum absolute atomic E-state index is 0.115. The van der Waals surface area contributed by atoms with E-state index in [4.69, 9.17) is 15.7 Å². The van der Waals surface area contributed by atoms with Crippen LogP contribution in [0.5, 0.6) is 0 Å². The average Bonchev–Trinajstić information content (AvgIpc) is 2.91. The molecule has 208 valence electrons. The number of benzene rings is 2. The van der Waals surface area contributed by atoms with Crippen molar-refractivity contribution in [3.05, 3.63) is 64.5 Å². The van der Waals surface area contributed by atoms with Gasteiger partial charge in [0.1, 0.15) is 5.82 Å². The number of nitrogens with zero attached hydrogens (tertiary/aromatic N) is 4. The molecule has 1 aliphatic carbocycles. The van der Waals surface area contributed by atoms with Gasteiger partial charge in [-0.3, -0.25) is 4.79 Å². The number of anilines is 3. The third-order valence-corrected chi connectivity index (χ3v) is 8.23. The van der Waals surface area contributed by atoms with E-state index in [0.717, 1.165) is 43.2 Å². The second-order valence-electron chi connectivity index (χ2n) is 11.0. The lowest BCUT2D eigenvalue weighted by molar-refractivity contribution is 0.0917. The maximum absolute atomic E-state index is 15.2. The van der Waals surface area contributed by atoms with Crippen molar-refractivity contribution in [1.29, 1.82) is 0 Å². The van der Waals surface area contributed by atoms with Gasteiger partial charge in [-0.2, -0.15) is 4.98 Å². The minimum atomic E-state index is -0.514. The number of aromatic nitrogens is 2. The van der Waals surface area contributed by atoms with Crippen molar-refractivity contribution in [1.82, 2.24) is 20.6 Å². The summed E-state index contributed by atoms with van der Waals surface area (Å²) in [4.78, 5) is 39.6. The van der Waals surface area contributed by atoms with Crippen molar-refractivity contribution in [2.75, 3.05) is 22.9 Å². The number of aryl methyl sites for hydroxylation is 2. The molecule has 9 nitrogen and oxygen atoms in total. The van der Waals surface area contributed by atoms with Gasteiger partial charge < -0.3 is 21.3 Å². The van der Waals surface area contributed by atoms with Gasteiger partial charge in [-0.05, 0) is 75.3 Å². The van der Waals surface area contributed by atoms with Crippen LogP contribution in [0.3, 0.4) is 0 Å². The zero-order chi connectivity index (χ0) is 28.0. The summed E-state index contributed by atoms with van der Waals surface area (Å²) in [5.74, 6) is 0.170. The van der Waals surface area contributed by atoms with E-state index < -0.39 is 11.8 Å². The van der Waals surface area contributed by atoms with Crippen molar-refractivity contribution < 1.29 is 14.0 Å². The molecule has 3 heterocycles. The normalized spacial score (nSPS) is 17.8. The number of rotatable bonds is 5. The quantitative estimate of drug-likeness (QED) is 0.437. The molecule has 0 radical (unpaired) electrons. The predicted octanol–water partition coefficient (Wildman–Crippen LogP) is 4.47. The number of halogens is 1. The molecule has 1 aromatic heterocycles. The first kappa shape index (κ1) is 26.2. The van der Waals surface area contributed by atoms with Crippen molar-refractivity contribution in [2.24, 2.45) is 5.73 Å². The van der Waals surface area contributed by atoms with Crippen LogP contribution in [-0.4, -0.2) is 47.1 Å². The van der Waals surface area contributed by atoms with E-state index in [1.165, 1.54) is 11.0 Å². The molecule has 0 unspecified atom stereocenters. The molecule has 0 atom stereocenters. The fourth-order valence-corrected chi connectivity index (χ4v) is 5.56. The molecule has 0 bridgehead atoms. The summed E-state index contributed by atoms with van der Waals surface area (Å²) < 4.78 is 15.2. The van der Waals surface area contributed by atoms with Crippen molar-refractivity contribution >= 4 is 29.4 Å². The molecule has 1 saturated heterocycles. The average molecular weight is 544 g/mol. The molecule has 10 heteroatoms. The summed E-state index contributed by atoms with van der Waals surface area (Å²) in [5.41, 5.74) is 10.5. The second kappa shape index (κ2) is 10.5. The van der Waals surface area contributed by atoms with Gasteiger partial charge in [0.05, 0.1) is 17.9 Å². The molecule has 0 spiro atoms. The summed E-state index contributed by atoms with van der Waals surface area (Å²) >= 11 is 0. The monoisotopic (exact) mass is 543 g/mol. The Balaban J connectivity index is 1.52. The lowest BCUT2D eigenvalue weighted by Crippen LogP contribution is -2.44. The standard InChI is InChI=1S/C30H34FN7O2/c1-17-9-10-19(28(39)34-21-6-4-7-21)15-22(17)25-23-16-33-30(40)38(26-18(2)5-3-8-24(26)31)27(23)36-29(35-25)37-13-11-20(32)12-14-37/h3,5,8-10,15,20-21H,4,6-7,11-14,16,32H2,1-2H3,(H,33,40)(H,34,39). The Kier molecular flexibility index (Phi) is 6.87. The lowest BCUT2D eigenvalue weighted by Gasteiger charge is -2.34. The summed E-state index contributed by atoms with van der Waals surface area (Å²) in [6.07, 6.45) is 4.71. The van der Waals surface area contributed by atoms with Gasteiger partial charge in [0, 0.05) is 41.9 Å². The number of amides is 3. The Hall–Kier alpha value is -4.05. The first-order chi connectivity index (χ1) is 19.3. The third kappa shape index (κ3) is 4.77. The van der Waals surface area contributed by atoms with Crippen LogP contribution in [0.15, 0.2) is 36.4 Å². The smallest absolute Gasteiger partial charge is 0.328 e. The summed E-state index contributed by atoms with van der Waals surface area (Å²) in [5, 5.41) is 5.99. The molecule has 1 saturated carbocycles. The highest BCUT2D eigenvalue weighted by Crippen LogP contribution is 2.40. The number of urea groups is 1. The van der Waals surface area contributed by atoms with Gasteiger partial charge in [0.25, 0.3) is 5.91 Å². The molecule has 6 rings (SSSR count). The zero-order valence-corrected chi connectivity index (χ0v) is 22.8. The van der Waals surface area contributed by atoms with Crippen LogP contribution < -0.4 is 26.2 Å². The van der Waals surface area contributed by atoms with Crippen LogP contribution in [0.1, 0.15) is 59.2 Å². The SMILES string of the molecule is Cc1ccc(C(=O)NC2CCC2)cc1-c1nc(N2CCC(N)CC2)nc2c1CNC(=O)N2c1c(C)cccc1F. The molecule has 3 aromatic rings. The number of carbonyl (C=O) groups is 2. The zero-order valence-electron chi connectivity index (χ0n) is 22.8. The number of fused-ring (bicyclic) bond motifs is 1. The molecule has 2 aliphatic heterocycles. The van der Waals surface area contributed by atoms with E-state index in [2.05, 4.69) is 15.5 Å². The molecule has 40 heavy (non-hydrogen) atoms. The van der Waals surface area contributed by atoms with Crippen molar-refractivity contribution in [3.8, 4) is 11.3 Å². The van der Waals surface area contributed by atoms with Crippen LogP contribution in [0.2, 0.25) is 0 Å². The summed E-state index contributed by atoms with van der Waals surface area (Å²) in [6, 6.07) is 10.2. The Morgan fingerprint density at radius 3 is 2.55 bits per heavy atom. The highest BCUT2D eigenvalue weighted by molar-refractivity contribution is 6.03. The van der Waals surface area contributed by atoms with E-state index in [1.54, 1.807) is 19.1 Å². The summed E-state index contributed by atoms with van der Waals surface area (Å²) in [7, 11) is 0. The van der Waals surface area contributed by atoms with Gasteiger partial charge in [-0.15, -0.1) is 0 Å². The maximum Gasteiger partial charge on any atom is 0.328 e. The topological polar surface area (TPSA) is 116 Å². The van der Waals surface area contributed by atoms with Crippen LogP contribution in [0, 0.1) is 19.7 Å². The van der Waals surface area contributed by atoms with Gasteiger partial charge >= 0.3 is 6.03 Å². The first-order valence-corrected chi connectivity index (χ1v) is 14.0. The molecular formula is C30H34FN7O2. The molecule has 3 aliphatic rings. The molecule has 2 aromatic carbocycles. The summed E-state index contributed by atoms with van der Waals surface area (Å²) in [6.45, 7) is 5.26. The second-order valence-corrected chi connectivity index (χ2v) is 11.0. The molecule has 4 N–H and O–H groups in total. The molecule has 2 fully saturated rings. The number of para-hydroxylation sites is 1. The lowest BCUT2D eigenvalue weighted by atomic mass is 9.92. The van der Waals surface area contributed by atoms with Gasteiger partial charge in [0.15, 0.2) is 5.82 Å². The predicted molar refractivity (Wildman–Crippen MR) is 152 cm³/mol. The first-order valence-electron chi connectivity index (χ1n) is 14.0. The highest BCUT2D eigenvalue weighted by atomic mass is 19.1. The van der Waals surface area contributed by atoms with Gasteiger partial charge in [-0.1, -0.05) is 18.2 Å². The largest absolute Gasteiger partial charge is 0.349 e. The van der Waals surface area contributed by atoms with Crippen LogP contribution in [-0.2, 0) is 6.54 Å². The fourth-order valence-electron chi connectivity index (χ4n) is 5.56. The van der Waals surface area contributed by atoms with E-state index in [0.29, 0.717) is 47.2 Å². The number of hydrogen-bond acceptors (Lipinski definition) is 6. The van der Waals surface area contributed by atoms with Crippen molar-refractivity contribution in [3.63, 3.8) is 0 Å². The van der Waals surface area contributed by atoms with Crippen LogP contribution in [0.4, 0.5) is 26.6 Å². The number of nitrogens with one attached hydrogen (secondary N) is 2. The number of hydrogen-bond donors (Lipinski definition) is 3. The fraction of sp³-hybridized carbons (Fsp3) is 0.400. The van der Waals surface area contributed by atoms with E-state index in [1.807, 2.05) is 25.1 Å². The molecular weight excluding hydrogens is 509 g/mol. The van der Waals surface area contributed by atoms with Crippen LogP contribution in [0.25, 0.3) is 11.3 Å². The van der Waals surface area contributed by atoms with Crippen molar-refractivity contribution in [2.45, 2.75) is 64.6 Å². The maximum atomic E-state index is 15.2. The van der Waals surface area contributed by atoms with E-state index in [9.17, 15) is 9.59 Å². The highest BCUT2D eigenvalue weighted by Gasteiger charge is 2.34. The van der Waals surface area contributed by atoms with Gasteiger partial charge in [0.2, 0.25) is 5.95 Å². The van der Waals surface area contributed by atoms with Crippen LogP contribution >= 0.6 is 0 Å². The number of piperidine rings is 1. The Morgan fingerprint density at radius 2 is 1.85 bits per heavy atom. The minimum Gasteiger partial charge on any atom is -0.349 e. The number of nitrogens with two attached hydrogens (primary N) is 1. The van der Waals surface area contributed by atoms with E-state index >= 15 is 4.39 Å². The third-order valence-electron chi connectivity index (χ3n) is 8.23. The Labute approximate surface area is 233 Å². The number of carbonyl (C=O) groups excluding carboxylic acids is 2. The van der Waals surface area contributed by atoms with Gasteiger partial charge in [-0.25, -0.2) is 19.1 Å². The van der Waals surface area contributed by atoms with E-state index in [-0.39, 0.29) is 30.2 Å². The Morgan fingerprint density at radius 1 is 1.07 bits per heavy atom. The Bertz CT molecular complexity index is 1460.